The van der Waals surface area contributed by atoms with Gasteiger partial charge in [0.05, 0.1) is 10.8 Å². The topological polar surface area (TPSA) is 114 Å². The van der Waals surface area contributed by atoms with Gasteiger partial charge in [-0.15, -0.1) is 0 Å². The van der Waals surface area contributed by atoms with Crippen LogP contribution in [-0.4, -0.2) is 32.7 Å². The van der Waals surface area contributed by atoms with E-state index >= 15 is 0 Å². The van der Waals surface area contributed by atoms with Crippen LogP contribution in [0.3, 0.4) is 0 Å². The molecule has 1 aliphatic rings. The van der Waals surface area contributed by atoms with Crippen molar-refractivity contribution < 1.29 is 13.7 Å². The van der Waals surface area contributed by atoms with E-state index in [0.717, 1.165) is 25.7 Å². The summed E-state index contributed by atoms with van der Waals surface area (Å²) in [5.74, 6) is 0. The molecule has 0 aromatic heterocycles. The summed E-state index contributed by atoms with van der Waals surface area (Å²) in [6, 6.07) is -0.442. The predicted molar refractivity (Wildman–Crippen MR) is 112 cm³/mol. The molecule has 3 N–H and O–H groups in total. The molecule has 0 saturated heterocycles. The molecule has 1 aromatic rings. The number of alkyl carbamates (subject to hydrolysis) is 1. The molecule has 1 amide bonds. The molecule has 0 heterocycles. The molecule has 1 aromatic carbocycles. The van der Waals surface area contributed by atoms with Gasteiger partial charge in [-0.3, -0.25) is 14.3 Å². The van der Waals surface area contributed by atoms with Gasteiger partial charge in [-0.2, -0.15) is 0 Å². The van der Waals surface area contributed by atoms with Gasteiger partial charge in [0.15, 0.2) is 0 Å². The van der Waals surface area contributed by atoms with E-state index in [9.17, 15) is 18.6 Å². The van der Waals surface area contributed by atoms with Crippen LogP contribution >= 0.6 is 0 Å². The highest BCUT2D eigenvalue weighted by atomic mass is 32.2. The Labute approximate surface area is 168 Å². The van der Waals surface area contributed by atoms with Gasteiger partial charge in [0, 0.05) is 6.04 Å². The lowest BCUT2D eigenvalue weighted by atomic mass is 9.90. The smallest absolute Gasteiger partial charge is 0.407 e. The summed E-state index contributed by atoms with van der Waals surface area (Å²) in [4.78, 5) is 36.2. The zero-order valence-electron chi connectivity index (χ0n) is 17.4. The molecule has 0 spiro atoms. The molecular formula is C19H31N3O5S. The molecule has 0 bridgehead atoms. The Hall–Kier alpha value is -1.90. The van der Waals surface area contributed by atoms with Crippen molar-refractivity contribution in [3.8, 4) is 0 Å². The molecule has 1 fully saturated rings. The highest BCUT2D eigenvalue weighted by Gasteiger charge is 2.33. The second-order valence-corrected chi connectivity index (χ2v) is 11.1. The second kappa shape index (κ2) is 8.23. The quantitative estimate of drug-likeness (QED) is 0.639. The van der Waals surface area contributed by atoms with Gasteiger partial charge in [0.1, 0.15) is 28.0 Å². The zero-order chi connectivity index (χ0) is 21.3. The molecule has 3 atom stereocenters. The first-order valence-electron chi connectivity index (χ1n) is 9.57. The minimum Gasteiger partial charge on any atom is -0.444 e. The number of ether oxygens (including phenoxy) is 1. The number of hydrogen-bond acceptors (Lipinski definition) is 6. The van der Waals surface area contributed by atoms with E-state index in [0.29, 0.717) is 0 Å². The van der Waals surface area contributed by atoms with E-state index in [1.807, 2.05) is 0 Å². The lowest BCUT2D eigenvalue weighted by Gasteiger charge is -2.34. The number of carbonyl (C=O) groups excluding carboxylic acids is 1. The van der Waals surface area contributed by atoms with Crippen LogP contribution in [0.2, 0.25) is 0 Å². The molecule has 28 heavy (non-hydrogen) atoms. The van der Waals surface area contributed by atoms with Crippen molar-refractivity contribution >= 4 is 28.5 Å². The van der Waals surface area contributed by atoms with Crippen molar-refractivity contribution in [1.29, 1.82) is 0 Å². The third-order valence-electron chi connectivity index (χ3n) is 4.46. The zero-order valence-corrected chi connectivity index (χ0v) is 18.2. The Bertz CT molecular complexity index is 815. The van der Waals surface area contributed by atoms with Gasteiger partial charge in [-0.25, -0.2) is 9.00 Å². The Morgan fingerprint density at radius 1 is 0.964 bits per heavy atom. The summed E-state index contributed by atoms with van der Waals surface area (Å²) >= 11 is 0. The van der Waals surface area contributed by atoms with Gasteiger partial charge in [-0.05, 0) is 54.4 Å². The number of carbonyl (C=O) groups is 1. The van der Waals surface area contributed by atoms with Crippen LogP contribution in [0.5, 0.6) is 0 Å². The number of amides is 1. The fourth-order valence-corrected chi connectivity index (χ4v) is 3.68. The number of nitrogens with one attached hydrogen (secondary N) is 3. The molecule has 8 nitrogen and oxygen atoms in total. The van der Waals surface area contributed by atoms with E-state index in [1.165, 1.54) is 0 Å². The van der Waals surface area contributed by atoms with Crippen LogP contribution in [0.25, 0.3) is 0 Å². The maximum absolute atomic E-state index is 12.3. The van der Waals surface area contributed by atoms with Gasteiger partial charge < -0.3 is 15.4 Å². The lowest BCUT2D eigenvalue weighted by molar-refractivity contribution is 0.0488. The summed E-state index contributed by atoms with van der Waals surface area (Å²) in [6.07, 6.45) is 2.85. The van der Waals surface area contributed by atoms with Crippen molar-refractivity contribution in [3.05, 3.63) is 20.4 Å². The van der Waals surface area contributed by atoms with Gasteiger partial charge in [0.2, 0.25) is 0 Å². The first-order valence-corrected chi connectivity index (χ1v) is 10.7. The molecule has 0 radical (unpaired) electrons. The number of rotatable bonds is 5. The normalized spacial score (nSPS) is 21.8. The second-order valence-electron chi connectivity index (χ2n) is 9.18. The number of anilines is 2. The fraction of sp³-hybridized carbons (Fsp3) is 0.737. The molecule has 1 aliphatic carbocycles. The highest BCUT2D eigenvalue weighted by molar-refractivity contribution is 7.87. The Kier molecular flexibility index (Phi) is 6.58. The SMILES string of the molecule is CC(C)(C)OC(=O)N[C@@H]1CCCC[C@H]1Nc1c(N[S@](=O)C(C)(C)C)c(=O)c1=O. The van der Waals surface area contributed by atoms with Crippen LogP contribution in [0.4, 0.5) is 16.2 Å². The van der Waals surface area contributed by atoms with Crippen molar-refractivity contribution in [2.24, 2.45) is 0 Å². The lowest BCUT2D eigenvalue weighted by Crippen LogP contribution is -2.51. The minimum atomic E-state index is -1.52. The van der Waals surface area contributed by atoms with Crippen LogP contribution in [-0.2, 0) is 15.7 Å². The van der Waals surface area contributed by atoms with Gasteiger partial charge >= 0.3 is 6.09 Å². The Morgan fingerprint density at radius 3 is 2.04 bits per heavy atom. The average molecular weight is 414 g/mol. The van der Waals surface area contributed by atoms with Gasteiger partial charge in [0.25, 0.3) is 10.9 Å². The van der Waals surface area contributed by atoms with Crippen molar-refractivity contribution in [3.63, 3.8) is 0 Å². The van der Waals surface area contributed by atoms with Crippen LogP contribution < -0.4 is 26.2 Å². The van der Waals surface area contributed by atoms with E-state index in [-0.39, 0.29) is 23.5 Å². The molecule has 0 unspecified atom stereocenters. The summed E-state index contributed by atoms with van der Waals surface area (Å²) < 4.78 is 19.7. The Morgan fingerprint density at radius 2 is 1.50 bits per heavy atom. The average Bonchev–Trinajstić information content (AvgIpc) is 2.56. The van der Waals surface area contributed by atoms with Crippen LogP contribution in [0, 0.1) is 0 Å². The molecule has 1 saturated carbocycles. The third-order valence-corrected chi connectivity index (χ3v) is 5.96. The van der Waals surface area contributed by atoms with E-state index in [1.54, 1.807) is 41.5 Å². The molecule has 9 heteroatoms. The summed E-state index contributed by atoms with van der Waals surface area (Å²) in [5, 5.41) is 5.96. The van der Waals surface area contributed by atoms with E-state index < -0.39 is 38.3 Å². The minimum absolute atomic E-state index is 0.0554. The Balaban J connectivity index is 2.12. The standard InChI is InChI=1S/C19H31N3O5S/c1-18(2,3)27-17(25)21-12-10-8-7-9-11(12)20-13-14(16(24)15(13)23)22-28(26)19(4,5)6/h11-12,20,22H,7-10H2,1-6H3,(H,21,25)/t11-,12-,28-/m1/s1. The monoisotopic (exact) mass is 413 g/mol. The molecule has 0 aliphatic heterocycles. The molecular weight excluding hydrogens is 382 g/mol. The van der Waals surface area contributed by atoms with Crippen molar-refractivity contribution in [2.75, 3.05) is 10.0 Å². The number of hydrogen-bond donors (Lipinski definition) is 3. The van der Waals surface area contributed by atoms with Crippen LogP contribution in [0.15, 0.2) is 9.59 Å². The summed E-state index contributed by atoms with van der Waals surface area (Å²) in [7, 11) is -1.52. The van der Waals surface area contributed by atoms with E-state index in [4.69, 9.17) is 4.74 Å². The molecule has 158 valence electrons. The summed E-state index contributed by atoms with van der Waals surface area (Å²) in [6.45, 7) is 10.7. The first-order chi connectivity index (χ1) is 12.8. The maximum atomic E-state index is 12.3. The fourth-order valence-electron chi connectivity index (χ4n) is 2.99. The highest BCUT2D eigenvalue weighted by Crippen LogP contribution is 2.26. The maximum Gasteiger partial charge on any atom is 0.407 e. The first kappa shape index (κ1) is 22.4. The van der Waals surface area contributed by atoms with Crippen molar-refractivity contribution in [2.45, 2.75) is 89.7 Å². The third kappa shape index (κ3) is 5.56. The largest absolute Gasteiger partial charge is 0.444 e. The summed E-state index contributed by atoms with van der Waals surface area (Å²) in [5.41, 5.74) is -1.71. The molecule has 2 rings (SSSR count). The van der Waals surface area contributed by atoms with Gasteiger partial charge in [-0.1, -0.05) is 12.8 Å². The van der Waals surface area contributed by atoms with Crippen molar-refractivity contribution in [1.82, 2.24) is 5.32 Å². The van der Waals surface area contributed by atoms with Crippen LogP contribution in [0.1, 0.15) is 67.2 Å². The van der Waals surface area contributed by atoms with E-state index in [2.05, 4.69) is 15.4 Å². The predicted octanol–water partition coefficient (Wildman–Crippen LogP) is 2.40.